The first kappa shape index (κ1) is 21.1. The molecule has 0 fully saturated rings. The van der Waals surface area contributed by atoms with Gasteiger partial charge < -0.3 is 25.0 Å². The average molecular weight is 418 g/mol. The van der Waals surface area contributed by atoms with E-state index in [0.717, 1.165) is 55.0 Å². The highest BCUT2D eigenvalue weighted by Gasteiger charge is 2.26. The van der Waals surface area contributed by atoms with Gasteiger partial charge in [-0.2, -0.15) is 0 Å². The van der Waals surface area contributed by atoms with Crippen molar-refractivity contribution in [3.05, 3.63) is 47.0 Å². The Bertz CT molecular complexity index is 903. The molecule has 2 aliphatic heterocycles. The van der Waals surface area contributed by atoms with Crippen LogP contribution in [0, 0.1) is 0 Å². The van der Waals surface area contributed by atoms with Crippen LogP contribution < -0.4 is 20.1 Å². The van der Waals surface area contributed by atoms with Gasteiger partial charge in [-0.1, -0.05) is 6.07 Å². The van der Waals surface area contributed by atoms with Crippen LogP contribution in [0.1, 0.15) is 23.1 Å². The maximum absolute atomic E-state index is 13.0. The van der Waals surface area contributed by atoms with Crippen molar-refractivity contribution in [3.8, 4) is 11.5 Å². The monoisotopic (exact) mass is 417 g/mol. The van der Waals surface area contributed by atoms with Crippen molar-refractivity contribution in [1.82, 2.24) is 4.90 Å². The molecule has 0 radical (unpaired) electrons. The third kappa shape index (κ3) is 4.08. The molecule has 0 aromatic heterocycles. The van der Waals surface area contributed by atoms with Gasteiger partial charge in [0.05, 0.1) is 20.8 Å². The van der Waals surface area contributed by atoms with E-state index in [1.165, 1.54) is 11.1 Å². The van der Waals surface area contributed by atoms with Gasteiger partial charge in [0.1, 0.15) is 0 Å². The number of anilines is 2. The Hall–Kier alpha value is -2.60. The van der Waals surface area contributed by atoms with Crippen LogP contribution in [0.3, 0.4) is 0 Å². The molecule has 7 heteroatoms. The molecule has 0 bridgehead atoms. The molecule has 2 aliphatic rings. The molecule has 0 unspecified atom stereocenters. The van der Waals surface area contributed by atoms with Gasteiger partial charge in [0, 0.05) is 31.0 Å². The van der Waals surface area contributed by atoms with Crippen molar-refractivity contribution < 1.29 is 14.3 Å². The van der Waals surface area contributed by atoms with Crippen LogP contribution in [-0.4, -0.2) is 44.7 Å². The molecular formula is C22H28ClN3O3. The van der Waals surface area contributed by atoms with Gasteiger partial charge in [0.2, 0.25) is 5.91 Å². The summed E-state index contributed by atoms with van der Waals surface area (Å²) in [6, 6.07) is 9.99. The molecule has 6 nitrogen and oxygen atoms in total. The second-order valence-electron chi connectivity index (χ2n) is 7.41. The zero-order valence-electron chi connectivity index (χ0n) is 16.9. The molecule has 0 atom stereocenters. The van der Waals surface area contributed by atoms with Crippen molar-refractivity contribution >= 4 is 29.7 Å². The minimum Gasteiger partial charge on any atom is -0.493 e. The third-order valence-electron chi connectivity index (χ3n) is 5.78. The minimum absolute atomic E-state index is 0. The predicted molar refractivity (Wildman–Crippen MR) is 117 cm³/mol. The van der Waals surface area contributed by atoms with Gasteiger partial charge in [-0.15, -0.1) is 12.4 Å². The number of hydrogen-bond donors (Lipinski definition) is 1. The summed E-state index contributed by atoms with van der Waals surface area (Å²) < 4.78 is 10.8. The fourth-order valence-corrected chi connectivity index (χ4v) is 4.25. The van der Waals surface area contributed by atoms with E-state index in [4.69, 9.17) is 15.2 Å². The van der Waals surface area contributed by atoms with E-state index >= 15 is 0 Å². The summed E-state index contributed by atoms with van der Waals surface area (Å²) in [6.07, 6.45) is 2.82. The lowest BCUT2D eigenvalue weighted by Gasteiger charge is -2.35. The number of rotatable bonds is 4. The number of hydrogen-bond acceptors (Lipinski definition) is 5. The highest BCUT2D eigenvalue weighted by molar-refractivity contribution is 5.85. The normalized spacial score (nSPS) is 15.1. The minimum atomic E-state index is 0. The lowest BCUT2D eigenvalue weighted by atomic mass is 9.98. The second kappa shape index (κ2) is 8.82. The summed E-state index contributed by atoms with van der Waals surface area (Å²) in [4.78, 5) is 17.2. The Kier molecular flexibility index (Phi) is 6.42. The van der Waals surface area contributed by atoms with Crippen LogP contribution in [0.2, 0.25) is 0 Å². The number of nitrogen functional groups attached to an aromatic ring is 1. The van der Waals surface area contributed by atoms with Crippen molar-refractivity contribution in [2.75, 3.05) is 44.5 Å². The van der Waals surface area contributed by atoms with Crippen LogP contribution in [-0.2, 0) is 24.2 Å². The lowest BCUT2D eigenvalue weighted by molar-refractivity contribution is -0.130. The van der Waals surface area contributed by atoms with Crippen LogP contribution >= 0.6 is 12.4 Å². The Morgan fingerprint density at radius 1 is 1.07 bits per heavy atom. The van der Waals surface area contributed by atoms with Crippen molar-refractivity contribution in [2.45, 2.75) is 25.8 Å². The van der Waals surface area contributed by atoms with E-state index < -0.39 is 0 Å². The Morgan fingerprint density at radius 2 is 1.79 bits per heavy atom. The number of benzene rings is 2. The summed E-state index contributed by atoms with van der Waals surface area (Å²) in [7, 11) is 3.28. The number of halogens is 1. The number of carbonyl (C=O) groups excluding carboxylic acids is 1. The fourth-order valence-electron chi connectivity index (χ4n) is 4.25. The number of ether oxygens (including phenoxy) is 2. The first-order valence-corrected chi connectivity index (χ1v) is 9.74. The zero-order chi connectivity index (χ0) is 19.7. The summed E-state index contributed by atoms with van der Waals surface area (Å²) >= 11 is 0. The summed E-state index contributed by atoms with van der Waals surface area (Å²) in [5, 5.41) is 0. The number of carbonyl (C=O) groups is 1. The number of amides is 1. The summed E-state index contributed by atoms with van der Waals surface area (Å²) in [5.41, 5.74) is 11.6. The highest BCUT2D eigenvalue weighted by atomic mass is 35.5. The first-order chi connectivity index (χ1) is 13.6. The maximum Gasteiger partial charge on any atom is 0.242 e. The zero-order valence-corrected chi connectivity index (χ0v) is 17.8. The van der Waals surface area contributed by atoms with Crippen LogP contribution in [0.5, 0.6) is 11.5 Å². The third-order valence-corrected chi connectivity index (χ3v) is 5.78. The largest absolute Gasteiger partial charge is 0.493 e. The molecule has 0 spiro atoms. The van der Waals surface area contributed by atoms with Crippen molar-refractivity contribution in [1.29, 1.82) is 0 Å². The van der Waals surface area contributed by atoms with Crippen LogP contribution in [0.25, 0.3) is 0 Å². The molecule has 2 N–H and O–H groups in total. The van der Waals surface area contributed by atoms with Gasteiger partial charge in [0.15, 0.2) is 11.5 Å². The summed E-state index contributed by atoms with van der Waals surface area (Å²) in [5.74, 6) is 1.59. The lowest BCUT2D eigenvalue weighted by Crippen LogP contribution is -2.44. The second-order valence-corrected chi connectivity index (χ2v) is 7.41. The summed E-state index contributed by atoms with van der Waals surface area (Å²) in [6.45, 7) is 2.60. The van der Waals surface area contributed by atoms with Gasteiger partial charge in [-0.3, -0.25) is 4.79 Å². The average Bonchev–Trinajstić information content (AvgIpc) is 2.73. The first-order valence-electron chi connectivity index (χ1n) is 9.74. The SMILES string of the molecule is COc1cc2c(cc1OC)CN(C(=O)CN1CCCc3c(N)cccc31)CC2.Cl. The molecule has 2 aromatic carbocycles. The molecule has 2 heterocycles. The van der Waals surface area contributed by atoms with E-state index in [0.29, 0.717) is 18.8 Å². The van der Waals surface area contributed by atoms with E-state index in [-0.39, 0.29) is 18.3 Å². The molecule has 2 aromatic rings. The van der Waals surface area contributed by atoms with E-state index in [9.17, 15) is 4.79 Å². The number of nitrogens with two attached hydrogens (primary N) is 1. The fraction of sp³-hybridized carbons (Fsp3) is 0.409. The molecule has 0 saturated carbocycles. The van der Waals surface area contributed by atoms with Gasteiger partial charge in [-0.25, -0.2) is 0 Å². The molecule has 156 valence electrons. The number of nitrogens with zero attached hydrogens (tertiary/aromatic N) is 2. The number of fused-ring (bicyclic) bond motifs is 2. The van der Waals surface area contributed by atoms with E-state index in [2.05, 4.69) is 11.0 Å². The molecule has 0 saturated heterocycles. The standard InChI is InChI=1S/C22H27N3O3.ClH/c1-27-20-11-15-8-10-25(13-16(15)12-21(20)28-2)22(26)14-24-9-4-5-17-18(23)6-3-7-19(17)24;/h3,6-7,11-12H,4-5,8-10,13-14,23H2,1-2H3;1H. The topological polar surface area (TPSA) is 68.0 Å². The maximum atomic E-state index is 13.0. The van der Waals surface area contributed by atoms with E-state index in [1.54, 1.807) is 14.2 Å². The molecular weight excluding hydrogens is 390 g/mol. The predicted octanol–water partition coefficient (Wildman–Crippen LogP) is 3.05. The van der Waals surface area contributed by atoms with Gasteiger partial charge in [-0.05, 0) is 60.2 Å². The van der Waals surface area contributed by atoms with Gasteiger partial charge >= 0.3 is 0 Å². The van der Waals surface area contributed by atoms with Crippen LogP contribution in [0.4, 0.5) is 11.4 Å². The molecule has 29 heavy (non-hydrogen) atoms. The Balaban J connectivity index is 0.00000240. The van der Waals surface area contributed by atoms with Crippen molar-refractivity contribution in [3.63, 3.8) is 0 Å². The van der Waals surface area contributed by atoms with Gasteiger partial charge in [0.25, 0.3) is 0 Å². The Labute approximate surface area is 178 Å². The van der Waals surface area contributed by atoms with E-state index in [1.807, 2.05) is 29.2 Å². The molecule has 4 rings (SSSR count). The number of methoxy groups -OCH3 is 2. The molecule has 1 amide bonds. The quantitative estimate of drug-likeness (QED) is 0.774. The Morgan fingerprint density at radius 3 is 2.52 bits per heavy atom. The van der Waals surface area contributed by atoms with Crippen LogP contribution in [0.15, 0.2) is 30.3 Å². The highest BCUT2D eigenvalue weighted by Crippen LogP contribution is 2.34. The van der Waals surface area contributed by atoms with Crippen molar-refractivity contribution in [2.24, 2.45) is 0 Å². The molecule has 0 aliphatic carbocycles. The smallest absolute Gasteiger partial charge is 0.242 e.